The van der Waals surface area contributed by atoms with Crippen molar-refractivity contribution in [1.29, 1.82) is 0 Å². The molecule has 0 aliphatic rings. The Morgan fingerprint density at radius 1 is 1.40 bits per heavy atom. The number of benzene rings is 1. The van der Waals surface area contributed by atoms with E-state index in [1.807, 2.05) is 24.3 Å². The first-order valence-corrected chi connectivity index (χ1v) is 6.95. The number of aryl methyl sites for hydroxylation is 1. The molecule has 1 aromatic carbocycles. The molecule has 0 atom stereocenters. The van der Waals surface area contributed by atoms with Gasteiger partial charge in [-0.15, -0.1) is 0 Å². The molecule has 5 nitrogen and oxygen atoms in total. The summed E-state index contributed by atoms with van der Waals surface area (Å²) in [4.78, 5) is 11.1. The Morgan fingerprint density at radius 3 is 2.70 bits per heavy atom. The van der Waals surface area contributed by atoms with Gasteiger partial charge in [0.25, 0.3) is 0 Å². The van der Waals surface area contributed by atoms with E-state index in [2.05, 4.69) is 9.69 Å². The lowest BCUT2D eigenvalue weighted by Crippen LogP contribution is -2.08. The number of ether oxygens (including phenoxy) is 1. The van der Waals surface area contributed by atoms with E-state index in [1.54, 1.807) is 14.0 Å². The molecule has 2 N–H and O–H groups in total. The van der Waals surface area contributed by atoms with Crippen LogP contribution in [0.1, 0.15) is 21.6 Å². The van der Waals surface area contributed by atoms with Crippen molar-refractivity contribution in [3.63, 3.8) is 0 Å². The average Bonchev–Trinajstić information content (AvgIpc) is 2.81. The van der Waals surface area contributed by atoms with Gasteiger partial charge < -0.3 is 15.2 Å². The molecular weight excluding hydrogens is 276 g/mol. The fourth-order valence-electron chi connectivity index (χ4n) is 1.85. The van der Waals surface area contributed by atoms with Crippen LogP contribution in [0.15, 0.2) is 24.3 Å². The third-order valence-corrected chi connectivity index (χ3v) is 3.83. The van der Waals surface area contributed by atoms with Crippen molar-refractivity contribution in [1.82, 2.24) is 4.37 Å². The SMILES string of the molecule is COc1ccc(CCNc2snc(C)c2C(=O)O)cc1. The first-order valence-electron chi connectivity index (χ1n) is 6.18. The molecule has 0 spiro atoms. The number of nitrogens with zero attached hydrogens (tertiary/aromatic N) is 1. The molecule has 20 heavy (non-hydrogen) atoms. The van der Waals surface area contributed by atoms with Crippen LogP contribution in [-0.2, 0) is 6.42 Å². The summed E-state index contributed by atoms with van der Waals surface area (Å²) in [6, 6.07) is 7.82. The number of hydrogen-bond acceptors (Lipinski definition) is 5. The van der Waals surface area contributed by atoms with Crippen molar-refractivity contribution >= 4 is 22.5 Å². The normalized spacial score (nSPS) is 10.3. The summed E-state index contributed by atoms with van der Waals surface area (Å²) < 4.78 is 9.17. The topological polar surface area (TPSA) is 71.5 Å². The molecule has 0 aliphatic heterocycles. The van der Waals surface area contributed by atoms with Crippen LogP contribution in [0.3, 0.4) is 0 Å². The first-order chi connectivity index (χ1) is 9.61. The number of nitrogens with one attached hydrogen (secondary N) is 1. The molecule has 6 heteroatoms. The van der Waals surface area contributed by atoms with E-state index in [4.69, 9.17) is 9.84 Å². The molecule has 2 aromatic rings. The summed E-state index contributed by atoms with van der Waals surface area (Å²) >= 11 is 1.18. The number of carboxylic acids is 1. The summed E-state index contributed by atoms with van der Waals surface area (Å²) in [6.07, 6.45) is 0.806. The molecule has 0 radical (unpaired) electrons. The summed E-state index contributed by atoms with van der Waals surface area (Å²) in [6.45, 7) is 2.36. The van der Waals surface area contributed by atoms with Gasteiger partial charge in [0.2, 0.25) is 0 Å². The van der Waals surface area contributed by atoms with Gasteiger partial charge in [0.15, 0.2) is 0 Å². The second kappa shape index (κ2) is 6.38. The zero-order valence-corrected chi connectivity index (χ0v) is 12.2. The summed E-state index contributed by atoms with van der Waals surface area (Å²) in [7, 11) is 1.64. The number of rotatable bonds is 6. The molecule has 106 valence electrons. The van der Waals surface area contributed by atoms with Gasteiger partial charge >= 0.3 is 5.97 Å². The van der Waals surface area contributed by atoms with Gasteiger partial charge in [-0.25, -0.2) is 4.79 Å². The van der Waals surface area contributed by atoms with Crippen LogP contribution in [0.4, 0.5) is 5.00 Å². The minimum atomic E-state index is -0.941. The van der Waals surface area contributed by atoms with Crippen LogP contribution in [0.5, 0.6) is 5.75 Å². The second-order valence-corrected chi connectivity index (χ2v) is 5.08. The molecule has 0 bridgehead atoms. The smallest absolute Gasteiger partial charge is 0.340 e. The van der Waals surface area contributed by atoms with E-state index < -0.39 is 5.97 Å². The number of aromatic nitrogens is 1. The van der Waals surface area contributed by atoms with E-state index in [0.29, 0.717) is 17.2 Å². The van der Waals surface area contributed by atoms with Crippen LogP contribution < -0.4 is 10.1 Å². The molecule has 0 saturated heterocycles. The van der Waals surface area contributed by atoms with Crippen LogP contribution in [0.2, 0.25) is 0 Å². The molecule has 0 saturated carbocycles. The van der Waals surface area contributed by atoms with Gasteiger partial charge in [-0.1, -0.05) is 12.1 Å². The molecule has 0 fully saturated rings. The van der Waals surface area contributed by atoms with Crippen LogP contribution in [-0.4, -0.2) is 29.1 Å². The number of methoxy groups -OCH3 is 1. The van der Waals surface area contributed by atoms with Gasteiger partial charge in [-0.05, 0) is 42.6 Å². The first kappa shape index (κ1) is 14.3. The summed E-state index contributed by atoms with van der Waals surface area (Å²) in [5.41, 5.74) is 1.98. The standard InChI is InChI=1S/C14H16N2O3S/c1-9-12(14(17)18)13(20-16-9)15-8-7-10-3-5-11(19-2)6-4-10/h3-6,15H,7-8H2,1-2H3,(H,17,18). The predicted molar refractivity (Wildman–Crippen MR) is 79.0 cm³/mol. The molecule has 0 amide bonds. The monoisotopic (exact) mass is 292 g/mol. The third kappa shape index (κ3) is 3.27. The van der Waals surface area contributed by atoms with E-state index in [9.17, 15) is 4.79 Å². The Kier molecular flexibility index (Phi) is 4.57. The van der Waals surface area contributed by atoms with Crippen LogP contribution in [0.25, 0.3) is 0 Å². The molecule has 0 unspecified atom stereocenters. The highest BCUT2D eigenvalue weighted by Crippen LogP contribution is 2.24. The van der Waals surface area contributed by atoms with Gasteiger partial charge in [-0.3, -0.25) is 0 Å². The van der Waals surface area contributed by atoms with Crippen molar-refractivity contribution in [2.24, 2.45) is 0 Å². The van der Waals surface area contributed by atoms with E-state index in [0.717, 1.165) is 17.7 Å². The lowest BCUT2D eigenvalue weighted by atomic mass is 10.1. The third-order valence-electron chi connectivity index (χ3n) is 2.93. The Balaban J connectivity index is 1.94. The minimum Gasteiger partial charge on any atom is -0.497 e. The quantitative estimate of drug-likeness (QED) is 0.856. The maximum Gasteiger partial charge on any atom is 0.340 e. The fourth-order valence-corrected chi connectivity index (χ4v) is 2.67. The van der Waals surface area contributed by atoms with Crippen LogP contribution in [0, 0.1) is 6.92 Å². The lowest BCUT2D eigenvalue weighted by molar-refractivity contribution is 0.0697. The highest BCUT2D eigenvalue weighted by Gasteiger charge is 2.16. The van der Waals surface area contributed by atoms with Gasteiger partial charge in [0.05, 0.1) is 12.8 Å². The fraction of sp³-hybridized carbons (Fsp3) is 0.286. The largest absolute Gasteiger partial charge is 0.497 e. The molecular formula is C14H16N2O3S. The second-order valence-electron chi connectivity index (χ2n) is 4.30. The van der Waals surface area contributed by atoms with Crippen molar-refractivity contribution < 1.29 is 14.6 Å². The van der Waals surface area contributed by atoms with Crippen molar-refractivity contribution in [2.75, 3.05) is 19.0 Å². The summed E-state index contributed by atoms with van der Waals surface area (Å²) in [5.74, 6) is -0.115. The zero-order chi connectivity index (χ0) is 14.5. The number of carboxylic acid groups (broad SMARTS) is 1. The Morgan fingerprint density at radius 2 is 2.10 bits per heavy atom. The van der Waals surface area contributed by atoms with Gasteiger partial charge in [-0.2, -0.15) is 4.37 Å². The molecule has 1 aromatic heterocycles. The number of hydrogen-bond donors (Lipinski definition) is 2. The number of anilines is 1. The van der Waals surface area contributed by atoms with Crippen molar-refractivity contribution in [3.05, 3.63) is 41.1 Å². The van der Waals surface area contributed by atoms with Crippen molar-refractivity contribution in [3.8, 4) is 5.75 Å². The summed E-state index contributed by atoms with van der Waals surface area (Å²) in [5, 5.41) is 12.9. The highest BCUT2D eigenvalue weighted by atomic mass is 32.1. The Hall–Kier alpha value is -2.08. The van der Waals surface area contributed by atoms with Gasteiger partial charge in [0, 0.05) is 6.54 Å². The lowest BCUT2D eigenvalue weighted by Gasteiger charge is -2.06. The number of carbonyl (C=O) groups is 1. The Bertz CT molecular complexity index is 593. The van der Waals surface area contributed by atoms with E-state index >= 15 is 0 Å². The Labute approximate surface area is 121 Å². The molecule has 0 aliphatic carbocycles. The predicted octanol–water partition coefficient (Wildman–Crippen LogP) is 2.81. The van der Waals surface area contributed by atoms with Crippen LogP contribution >= 0.6 is 11.5 Å². The maximum atomic E-state index is 11.1. The zero-order valence-electron chi connectivity index (χ0n) is 11.3. The van der Waals surface area contributed by atoms with Gasteiger partial charge in [0.1, 0.15) is 16.3 Å². The van der Waals surface area contributed by atoms with E-state index in [1.165, 1.54) is 11.5 Å². The average molecular weight is 292 g/mol. The maximum absolute atomic E-state index is 11.1. The molecule has 2 rings (SSSR count). The number of aromatic carboxylic acids is 1. The van der Waals surface area contributed by atoms with E-state index in [-0.39, 0.29) is 5.56 Å². The van der Waals surface area contributed by atoms with Crippen molar-refractivity contribution in [2.45, 2.75) is 13.3 Å². The molecule has 1 heterocycles. The highest BCUT2D eigenvalue weighted by molar-refractivity contribution is 7.10. The minimum absolute atomic E-state index is 0.268.